The normalized spacial score (nSPS) is 32.8. The number of amides is 1. The van der Waals surface area contributed by atoms with Crippen LogP contribution in [-0.2, 0) is 9.53 Å². The molecule has 1 saturated carbocycles. The molecule has 2 aliphatic rings. The van der Waals surface area contributed by atoms with E-state index in [0.29, 0.717) is 25.0 Å². The first kappa shape index (κ1) is 14.8. The average Bonchev–Trinajstić information content (AvgIpc) is 2.45. The first-order chi connectivity index (χ1) is 9.15. The van der Waals surface area contributed by atoms with Gasteiger partial charge >= 0.3 is 0 Å². The molecule has 2 fully saturated rings. The summed E-state index contributed by atoms with van der Waals surface area (Å²) in [4.78, 5) is 14.6. The molecule has 1 heterocycles. The van der Waals surface area contributed by atoms with Crippen molar-refractivity contribution in [3.05, 3.63) is 0 Å². The lowest BCUT2D eigenvalue weighted by atomic mass is 9.72. The summed E-state index contributed by atoms with van der Waals surface area (Å²) in [6.45, 7) is 3.79. The number of likely N-dealkylation sites (tertiary alicyclic amines) is 1. The van der Waals surface area contributed by atoms with Crippen molar-refractivity contribution in [1.29, 1.82) is 0 Å². The minimum absolute atomic E-state index is 0.140. The zero-order valence-electron chi connectivity index (χ0n) is 12.3. The van der Waals surface area contributed by atoms with E-state index in [0.717, 1.165) is 25.3 Å². The van der Waals surface area contributed by atoms with Gasteiger partial charge in [-0.25, -0.2) is 0 Å². The van der Waals surface area contributed by atoms with Gasteiger partial charge in [-0.15, -0.1) is 0 Å². The van der Waals surface area contributed by atoms with Crippen LogP contribution in [0, 0.1) is 11.8 Å². The highest BCUT2D eigenvalue weighted by Gasteiger charge is 2.40. The molecule has 1 aliphatic carbocycles. The second-order valence-corrected chi connectivity index (χ2v) is 6.20. The van der Waals surface area contributed by atoms with Crippen LogP contribution in [-0.4, -0.2) is 43.2 Å². The second kappa shape index (κ2) is 6.71. The summed E-state index contributed by atoms with van der Waals surface area (Å²) in [6.07, 6.45) is 6.78. The van der Waals surface area contributed by atoms with Crippen LogP contribution in [0.15, 0.2) is 0 Å². The first-order valence-electron chi connectivity index (χ1n) is 7.70. The minimum Gasteiger partial charge on any atom is -0.385 e. The highest BCUT2D eigenvalue weighted by molar-refractivity contribution is 5.82. The van der Waals surface area contributed by atoms with Crippen molar-refractivity contribution in [3.8, 4) is 0 Å². The zero-order chi connectivity index (χ0) is 13.8. The van der Waals surface area contributed by atoms with Crippen molar-refractivity contribution in [2.75, 3.05) is 20.3 Å². The summed E-state index contributed by atoms with van der Waals surface area (Å²) in [6, 6.07) is 0.0505. The Hall–Kier alpha value is -0.610. The highest BCUT2D eigenvalue weighted by atomic mass is 16.5. The molecule has 0 aromatic heterocycles. The lowest BCUT2D eigenvalue weighted by Crippen LogP contribution is -2.56. The van der Waals surface area contributed by atoms with Gasteiger partial charge in [0.15, 0.2) is 0 Å². The summed E-state index contributed by atoms with van der Waals surface area (Å²) in [5.41, 5.74) is 6.02. The van der Waals surface area contributed by atoms with Crippen molar-refractivity contribution in [2.45, 2.75) is 57.5 Å². The number of piperidine rings is 1. The van der Waals surface area contributed by atoms with Crippen LogP contribution in [0.5, 0.6) is 0 Å². The summed E-state index contributed by atoms with van der Waals surface area (Å²) in [7, 11) is 1.65. The minimum atomic E-state index is -0.393. The number of nitrogens with zero attached hydrogens (tertiary/aromatic N) is 1. The van der Waals surface area contributed by atoms with Crippen LogP contribution in [0.2, 0.25) is 0 Å². The Morgan fingerprint density at radius 2 is 2.11 bits per heavy atom. The van der Waals surface area contributed by atoms with E-state index in [1.54, 1.807) is 7.11 Å². The predicted molar refractivity (Wildman–Crippen MR) is 75.7 cm³/mol. The maximum Gasteiger partial charge on any atom is 0.239 e. The second-order valence-electron chi connectivity index (χ2n) is 6.20. The van der Waals surface area contributed by atoms with E-state index in [1.165, 1.54) is 19.3 Å². The van der Waals surface area contributed by atoms with Crippen molar-refractivity contribution >= 4 is 5.91 Å². The van der Waals surface area contributed by atoms with Gasteiger partial charge in [0, 0.05) is 26.3 Å². The van der Waals surface area contributed by atoms with Crippen LogP contribution in [0.25, 0.3) is 0 Å². The van der Waals surface area contributed by atoms with E-state index in [2.05, 4.69) is 11.8 Å². The molecule has 1 saturated heterocycles. The molecule has 0 radical (unpaired) electrons. The number of hydrogen-bond acceptors (Lipinski definition) is 3. The van der Waals surface area contributed by atoms with Gasteiger partial charge in [-0.05, 0) is 37.5 Å². The Kier molecular flexibility index (Phi) is 5.22. The molecule has 4 unspecified atom stereocenters. The molecule has 110 valence electrons. The lowest BCUT2D eigenvalue weighted by Gasteiger charge is -2.48. The van der Waals surface area contributed by atoms with Crippen LogP contribution in [0.4, 0.5) is 0 Å². The number of methoxy groups -OCH3 is 1. The molecule has 0 spiro atoms. The van der Waals surface area contributed by atoms with E-state index in [-0.39, 0.29) is 5.91 Å². The molecule has 0 bridgehead atoms. The van der Waals surface area contributed by atoms with Crippen LogP contribution < -0.4 is 5.73 Å². The summed E-state index contributed by atoms with van der Waals surface area (Å²) in [5.74, 6) is 1.59. The third kappa shape index (κ3) is 3.29. The fraction of sp³-hybridized carbons (Fsp3) is 0.933. The van der Waals surface area contributed by atoms with Crippen molar-refractivity contribution < 1.29 is 9.53 Å². The number of carbonyl (C=O) groups excluding carboxylic acids is 1. The van der Waals surface area contributed by atoms with E-state index >= 15 is 0 Å². The Balaban J connectivity index is 2.00. The smallest absolute Gasteiger partial charge is 0.239 e. The van der Waals surface area contributed by atoms with Crippen molar-refractivity contribution in [1.82, 2.24) is 4.90 Å². The van der Waals surface area contributed by atoms with E-state index in [9.17, 15) is 4.79 Å². The lowest BCUT2D eigenvalue weighted by molar-refractivity contribution is -0.140. The molecule has 2 rings (SSSR count). The molecule has 0 aromatic rings. The molecule has 0 aromatic carbocycles. The number of ether oxygens (including phenoxy) is 1. The van der Waals surface area contributed by atoms with Gasteiger partial charge in [0.2, 0.25) is 5.91 Å². The Morgan fingerprint density at radius 3 is 2.84 bits per heavy atom. The van der Waals surface area contributed by atoms with E-state index in [1.807, 2.05) is 0 Å². The van der Waals surface area contributed by atoms with Crippen molar-refractivity contribution in [2.24, 2.45) is 17.6 Å². The average molecular weight is 268 g/mol. The predicted octanol–water partition coefficient (Wildman–Crippen LogP) is 1.78. The zero-order valence-corrected chi connectivity index (χ0v) is 12.3. The van der Waals surface area contributed by atoms with Gasteiger partial charge in [-0.3, -0.25) is 4.79 Å². The Labute approximate surface area is 116 Å². The third-order valence-electron chi connectivity index (χ3n) is 4.97. The molecule has 1 amide bonds. The van der Waals surface area contributed by atoms with Gasteiger partial charge in [0.05, 0.1) is 6.04 Å². The summed E-state index contributed by atoms with van der Waals surface area (Å²) in [5, 5.41) is 0. The number of fused-ring (bicyclic) bond motifs is 1. The van der Waals surface area contributed by atoms with Gasteiger partial charge in [0.1, 0.15) is 0 Å². The van der Waals surface area contributed by atoms with Crippen LogP contribution in [0.1, 0.15) is 45.4 Å². The van der Waals surface area contributed by atoms with Gasteiger partial charge in [-0.2, -0.15) is 0 Å². The number of rotatable bonds is 4. The Bertz CT molecular complexity index is 309. The fourth-order valence-corrected chi connectivity index (χ4v) is 3.77. The van der Waals surface area contributed by atoms with E-state index < -0.39 is 6.04 Å². The standard InChI is InChI=1S/C15H28N2O2/c1-11-7-9-17(14-6-4-3-5-12(11)14)15(18)13(16)8-10-19-2/h11-14H,3-10,16H2,1-2H3. The van der Waals surface area contributed by atoms with Gasteiger partial charge in [0.25, 0.3) is 0 Å². The summed E-state index contributed by atoms with van der Waals surface area (Å²) >= 11 is 0. The van der Waals surface area contributed by atoms with Crippen LogP contribution in [0.3, 0.4) is 0 Å². The molecule has 19 heavy (non-hydrogen) atoms. The van der Waals surface area contributed by atoms with Gasteiger partial charge in [-0.1, -0.05) is 19.8 Å². The summed E-state index contributed by atoms with van der Waals surface area (Å²) < 4.78 is 5.02. The molecule has 4 nitrogen and oxygen atoms in total. The molecular weight excluding hydrogens is 240 g/mol. The molecular formula is C15H28N2O2. The van der Waals surface area contributed by atoms with Crippen molar-refractivity contribution in [3.63, 3.8) is 0 Å². The molecule has 4 heteroatoms. The number of hydrogen-bond donors (Lipinski definition) is 1. The number of carbonyl (C=O) groups is 1. The first-order valence-corrected chi connectivity index (χ1v) is 7.70. The molecule has 1 aliphatic heterocycles. The third-order valence-corrected chi connectivity index (χ3v) is 4.97. The van der Waals surface area contributed by atoms with E-state index in [4.69, 9.17) is 10.5 Å². The largest absolute Gasteiger partial charge is 0.385 e. The maximum absolute atomic E-state index is 12.5. The quantitative estimate of drug-likeness (QED) is 0.845. The topological polar surface area (TPSA) is 55.6 Å². The maximum atomic E-state index is 12.5. The fourth-order valence-electron chi connectivity index (χ4n) is 3.77. The highest BCUT2D eigenvalue weighted by Crippen LogP contribution is 2.38. The molecule has 4 atom stereocenters. The SMILES string of the molecule is COCCC(N)C(=O)N1CCC(C)C2CCCCC21. The molecule has 2 N–H and O–H groups in total. The van der Waals surface area contributed by atoms with Gasteiger partial charge < -0.3 is 15.4 Å². The monoisotopic (exact) mass is 268 g/mol. The number of nitrogens with two attached hydrogens (primary N) is 1. The Morgan fingerprint density at radius 1 is 1.37 bits per heavy atom. The van der Waals surface area contributed by atoms with Crippen LogP contribution >= 0.6 is 0 Å².